The number of nitrogens with two attached hydrogens (primary N) is 1. The fourth-order valence-electron chi connectivity index (χ4n) is 0.662. The lowest BCUT2D eigenvalue weighted by Crippen LogP contribution is -1.88. The van der Waals surface area contributed by atoms with Crippen LogP contribution in [0, 0.1) is 11.8 Å². The molecular formula is C8H7ClN2. The monoisotopic (exact) mass is 166 g/mol. The van der Waals surface area contributed by atoms with Gasteiger partial charge in [0.25, 0.3) is 0 Å². The van der Waals surface area contributed by atoms with Gasteiger partial charge in [0.2, 0.25) is 0 Å². The first kappa shape index (κ1) is 7.90. The number of aromatic nitrogens is 1. The van der Waals surface area contributed by atoms with Crippen LogP contribution in [-0.4, -0.2) is 10.9 Å². The molecule has 1 heterocycles. The van der Waals surface area contributed by atoms with Crippen molar-refractivity contribution in [1.82, 2.24) is 4.98 Å². The van der Waals surface area contributed by atoms with Gasteiger partial charge in [0.1, 0.15) is 5.82 Å². The maximum absolute atomic E-state index is 5.42. The van der Waals surface area contributed by atoms with Crippen LogP contribution in [0.5, 0.6) is 0 Å². The van der Waals surface area contributed by atoms with Crippen molar-refractivity contribution in [2.45, 2.75) is 0 Å². The van der Waals surface area contributed by atoms with Crippen molar-refractivity contribution in [1.29, 1.82) is 0 Å². The molecule has 0 saturated carbocycles. The summed E-state index contributed by atoms with van der Waals surface area (Å²) in [5.74, 6) is 6.37. The van der Waals surface area contributed by atoms with Crippen molar-refractivity contribution < 1.29 is 0 Å². The summed E-state index contributed by atoms with van der Waals surface area (Å²) in [4.78, 5) is 3.82. The fraction of sp³-hybridized carbons (Fsp3) is 0.125. The summed E-state index contributed by atoms with van der Waals surface area (Å²) in [6.07, 6.45) is 1.62. The molecule has 0 saturated heterocycles. The normalized spacial score (nSPS) is 8.45. The Morgan fingerprint density at radius 1 is 1.64 bits per heavy atom. The quantitative estimate of drug-likeness (QED) is 0.466. The van der Waals surface area contributed by atoms with E-state index < -0.39 is 0 Å². The van der Waals surface area contributed by atoms with E-state index in [1.54, 1.807) is 18.3 Å². The maximum atomic E-state index is 5.42. The number of pyridine rings is 1. The van der Waals surface area contributed by atoms with Gasteiger partial charge in [0, 0.05) is 11.8 Å². The molecule has 2 N–H and O–H groups in total. The van der Waals surface area contributed by atoms with Crippen LogP contribution in [0.4, 0.5) is 5.82 Å². The van der Waals surface area contributed by atoms with E-state index in [4.69, 9.17) is 17.3 Å². The minimum Gasteiger partial charge on any atom is -0.384 e. The predicted molar refractivity (Wildman–Crippen MR) is 46.2 cm³/mol. The number of alkyl halides is 1. The molecule has 0 aliphatic rings. The highest BCUT2D eigenvalue weighted by molar-refractivity contribution is 6.19. The summed E-state index contributed by atoms with van der Waals surface area (Å²) in [5, 5.41) is 0. The van der Waals surface area contributed by atoms with Crippen LogP contribution >= 0.6 is 11.6 Å². The Hall–Kier alpha value is -1.20. The van der Waals surface area contributed by atoms with Gasteiger partial charge >= 0.3 is 0 Å². The van der Waals surface area contributed by atoms with Crippen LogP contribution < -0.4 is 5.73 Å². The Balaban J connectivity index is 2.87. The predicted octanol–water partition coefficient (Wildman–Crippen LogP) is 1.25. The van der Waals surface area contributed by atoms with Gasteiger partial charge in [-0.1, -0.05) is 11.8 Å². The van der Waals surface area contributed by atoms with Crippen LogP contribution in [0.3, 0.4) is 0 Å². The zero-order valence-electron chi connectivity index (χ0n) is 5.84. The second-order valence-electron chi connectivity index (χ2n) is 1.90. The van der Waals surface area contributed by atoms with Crippen LogP contribution in [0.1, 0.15) is 5.56 Å². The molecule has 1 rings (SSSR count). The molecule has 1 aromatic rings. The molecule has 2 nitrogen and oxygen atoms in total. The topological polar surface area (TPSA) is 38.9 Å². The summed E-state index contributed by atoms with van der Waals surface area (Å²) in [6, 6.07) is 3.50. The van der Waals surface area contributed by atoms with E-state index >= 15 is 0 Å². The van der Waals surface area contributed by atoms with Gasteiger partial charge in [0.05, 0.1) is 5.88 Å². The maximum Gasteiger partial charge on any atom is 0.124 e. The van der Waals surface area contributed by atoms with E-state index in [0.29, 0.717) is 11.7 Å². The molecule has 0 amide bonds. The van der Waals surface area contributed by atoms with E-state index in [1.807, 2.05) is 0 Å². The smallest absolute Gasteiger partial charge is 0.124 e. The van der Waals surface area contributed by atoms with E-state index in [1.165, 1.54) is 0 Å². The number of nitrogen functional groups attached to an aromatic ring is 1. The minimum absolute atomic E-state index is 0.336. The number of hydrogen-bond acceptors (Lipinski definition) is 2. The lowest BCUT2D eigenvalue weighted by atomic mass is 10.3. The molecule has 0 aromatic carbocycles. The number of hydrogen-bond donors (Lipinski definition) is 1. The molecule has 0 radical (unpaired) electrons. The van der Waals surface area contributed by atoms with Crippen LogP contribution in [0.25, 0.3) is 0 Å². The van der Waals surface area contributed by atoms with Gasteiger partial charge in [-0.15, -0.1) is 11.6 Å². The molecule has 3 heteroatoms. The zero-order chi connectivity index (χ0) is 8.10. The van der Waals surface area contributed by atoms with Gasteiger partial charge in [0.15, 0.2) is 0 Å². The largest absolute Gasteiger partial charge is 0.384 e. The Kier molecular flexibility index (Phi) is 2.76. The van der Waals surface area contributed by atoms with Crippen molar-refractivity contribution in [2.24, 2.45) is 0 Å². The summed E-state index contributed by atoms with van der Waals surface area (Å²) >= 11 is 5.37. The third-order valence-corrected chi connectivity index (χ3v) is 1.21. The van der Waals surface area contributed by atoms with E-state index in [2.05, 4.69) is 16.8 Å². The van der Waals surface area contributed by atoms with Gasteiger partial charge < -0.3 is 5.73 Å². The molecule has 11 heavy (non-hydrogen) atoms. The number of rotatable bonds is 0. The van der Waals surface area contributed by atoms with Crippen molar-refractivity contribution in [3.8, 4) is 11.8 Å². The SMILES string of the molecule is Nc1cc(C#CCCl)ccn1. The first-order valence-electron chi connectivity index (χ1n) is 3.09. The van der Waals surface area contributed by atoms with Gasteiger partial charge in [-0.25, -0.2) is 4.98 Å². The first-order chi connectivity index (χ1) is 5.33. The van der Waals surface area contributed by atoms with Crippen LogP contribution in [0.15, 0.2) is 18.3 Å². The van der Waals surface area contributed by atoms with Crippen molar-refractivity contribution in [3.63, 3.8) is 0 Å². The van der Waals surface area contributed by atoms with Gasteiger partial charge in [-0.05, 0) is 12.1 Å². The molecule has 0 aliphatic carbocycles. The summed E-state index contributed by atoms with van der Waals surface area (Å²) in [6.45, 7) is 0. The van der Waals surface area contributed by atoms with E-state index in [-0.39, 0.29) is 0 Å². The highest BCUT2D eigenvalue weighted by Gasteiger charge is 1.86. The third-order valence-electron chi connectivity index (χ3n) is 1.08. The lowest BCUT2D eigenvalue weighted by Gasteiger charge is -1.90. The van der Waals surface area contributed by atoms with E-state index in [9.17, 15) is 0 Å². The lowest BCUT2D eigenvalue weighted by molar-refractivity contribution is 1.33. The third kappa shape index (κ3) is 2.48. The second-order valence-corrected chi connectivity index (χ2v) is 2.17. The molecule has 1 aromatic heterocycles. The Morgan fingerprint density at radius 3 is 3.09 bits per heavy atom. The Bertz CT molecular complexity index is 298. The standard InChI is InChI=1S/C8H7ClN2/c9-4-1-2-7-3-5-11-8(10)6-7/h3,5-6H,4H2,(H2,10,11). The highest BCUT2D eigenvalue weighted by Crippen LogP contribution is 1.99. The molecule has 56 valence electrons. The summed E-state index contributed by atoms with van der Waals surface area (Å²) in [7, 11) is 0. The molecule has 0 unspecified atom stereocenters. The molecule has 0 bridgehead atoms. The summed E-state index contributed by atoms with van der Waals surface area (Å²) in [5.41, 5.74) is 6.26. The zero-order valence-corrected chi connectivity index (χ0v) is 6.60. The average molecular weight is 167 g/mol. The second kappa shape index (κ2) is 3.85. The van der Waals surface area contributed by atoms with Gasteiger partial charge in [-0.2, -0.15) is 0 Å². The van der Waals surface area contributed by atoms with Crippen molar-refractivity contribution in [2.75, 3.05) is 11.6 Å². The Labute approximate surface area is 70.4 Å². The molecule has 0 spiro atoms. The number of nitrogens with zero attached hydrogens (tertiary/aromatic N) is 1. The molecule has 0 atom stereocenters. The number of anilines is 1. The average Bonchev–Trinajstić information content (AvgIpc) is 2.01. The molecule has 0 fully saturated rings. The number of halogens is 1. The Morgan fingerprint density at radius 2 is 2.45 bits per heavy atom. The first-order valence-corrected chi connectivity index (χ1v) is 3.63. The van der Waals surface area contributed by atoms with Crippen LogP contribution in [-0.2, 0) is 0 Å². The summed E-state index contributed by atoms with van der Waals surface area (Å²) < 4.78 is 0. The van der Waals surface area contributed by atoms with Gasteiger partial charge in [-0.3, -0.25) is 0 Å². The van der Waals surface area contributed by atoms with Crippen molar-refractivity contribution >= 4 is 17.4 Å². The van der Waals surface area contributed by atoms with Crippen molar-refractivity contribution in [3.05, 3.63) is 23.9 Å². The molecule has 0 aliphatic heterocycles. The van der Waals surface area contributed by atoms with Crippen LogP contribution in [0.2, 0.25) is 0 Å². The minimum atomic E-state index is 0.336. The van der Waals surface area contributed by atoms with E-state index in [0.717, 1.165) is 5.56 Å². The highest BCUT2D eigenvalue weighted by atomic mass is 35.5. The molecular weight excluding hydrogens is 160 g/mol. The fourth-order valence-corrected chi connectivity index (χ4v) is 0.728.